The van der Waals surface area contributed by atoms with Gasteiger partial charge in [0.1, 0.15) is 0 Å². The van der Waals surface area contributed by atoms with Crippen molar-refractivity contribution in [2.24, 2.45) is 5.73 Å². The standard InChI is InChI=1S/C12H14ClFN2O/c1-7-10(15)5-6-16(7)12(17)8-3-2-4-9(13)11(8)14/h2-4,7,10H,5-6,15H2,1H3. The molecule has 0 bridgehead atoms. The number of carbonyl (C=O) groups is 1. The summed E-state index contributed by atoms with van der Waals surface area (Å²) in [6.07, 6.45) is 0.745. The smallest absolute Gasteiger partial charge is 0.257 e. The largest absolute Gasteiger partial charge is 0.334 e. The maximum atomic E-state index is 13.7. The normalized spacial score (nSPS) is 24.1. The van der Waals surface area contributed by atoms with Crippen molar-refractivity contribution in [1.82, 2.24) is 4.90 Å². The average molecular weight is 257 g/mol. The zero-order chi connectivity index (χ0) is 12.6. The molecule has 0 aliphatic carbocycles. The second kappa shape index (κ2) is 4.63. The van der Waals surface area contributed by atoms with Crippen LogP contribution < -0.4 is 5.73 Å². The summed E-state index contributed by atoms with van der Waals surface area (Å²) in [5, 5.41) is -0.0352. The molecule has 2 N–H and O–H groups in total. The van der Waals surface area contributed by atoms with E-state index in [0.717, 1.165) is 6.42 Å². The number of nitrogens with two attached hydrogens (primary N) is 1. The molecule has 1 amide bonds. The van der Waals surface area contributed by atoms with Crippen molar-refractivity contribution in [2.45, 2.75) is 25.4 Å². The SMILES string of the molecule is CC1C(N)CCN1C(=O)c1cccc(Cl)c1F. The van der Waals surface area contributed by atoms with E-state index in [0.29, 0.717) is 6.54 Å². The molecule has 1 aromatic rings. The van der Waals surface area contributed by atoms with Crippen LogP contribution in [-0.4, -0.2) is 29.4 Å². The molecule has 2 unspecified atom stereocenters. The Morgan fingerprint density at radius 3 is 2.88 bits per heavy atom. The Balaban J connectivity index is 2.29. The highest BCUT2D eigenvalue weighted by Gasteiger charge is 2.33. The lowest BCUT2D eigenvalue weighted by Gasteiger charge is -2.23. The van der Waals surface area contributed by atoms with Gasteiger partial charge in [0.05, 0.1) is 10.6 Å². The molecule has 0 aromatic heterocycles. The van der Waals surface area contributed by atoms with Crippen molar-refractivity contribution in [2.75, 3.05) is 6.54 Å². The lowest BCUT2D eigenvalue weighted by Crippen LogP contribution is -2.40. The number of likely N-dealkylation sites (tertiary alicyclic amines) is 1. The molecule has 2 rings (SSSR count). The van der Waals surface area contributed by atoms with Gasteiger partial charge < -0.3 is 10.6 Å². The number of rotatable bonds is 1. The van der Waals surface area contributed by atoms with Crippen molar-refractivity contribution < 1.29 is 9.18 Å². The van der Waals surface area contributed by atoms with Crippen LogP contribution in [0.25, 0.3) is 0 Å². The monoisotopic (exact) mass is 256 g/mol. The number of halogens is 2. The van der Waals surface area contributed by atoms with Gasteiger partial charge in [0.2, 0.25) is 0 Å². The maximum absolute atomic E-state index is 13.7. The van der Waals surface area contributed by atoms with Gasteiger partial charge in [-0.05, 0) is 25.5 Å². The van der Waals surface area contributed by atoms with Crippen LogP contribution in [0.2, 0.25) is 5.02 Å². The van der Waals surface area contributed by atoms with Crippen molar-refractivity contribution >= 4 is 17.5 Å². The third-order valence-corrected chi connectivity index (χ3v) is 3.55. The van der Waals surface area contributed by atoms with Gasteiger partial charge in [0.25, 0.3) is 5.91 Å². The number of carbonyl (C=O) groups excluding carboxylic acids is 1. The van der Waals surface area contributed by atoms with E-state index in [2.05, 4.69) is 0 Å². The van der Waals surface area contributed by atoms with Crippen LogP contribution in [0.4, 0.5) is 4.39 Å². The van der Waals surface area contributed by atoms with E-state index in [-0.39, 0.29) is 28.6 Å². The summed E-state index contributed by atoms with van der Waals surface area (Å²) in [5.41, 5.74) is 5.85. The highest BCUT2D eigenvalue weighted by molar-refractivity contribution is 6.31. The average Bonchev–Trinajstić information content (AvgIpc) is 2.63. The topological polar surface area (TPSA) is 46.3 Å². The summed E-state index contributed by atoms with van der Waals surface area (Å²) in [5.74, 6) is -1.00. The van der Waals surface area contributed by atoms with E-state index >= 15 is 0 Å². The molecule has 1 fully saturated rings. The summed E-state index contributed by atoms with van der Waals surface area (Å²) >= 11 is 5.66. The van der Waals surface area contributed by atoms with Crippen LogP contribution >= 0.6 is 11.6 Å². The van der Waals surface area contributed by atoms with Crippen LogP contribution in [0.5, 0.6) is 0 Å². The molecule has 0 spiro atoms. The van der Waals surface area contributed by atoms with E-state index in [1.807, 2.05) is 6.92 Å². The Labute approximate surface area is 104 Å². The molecular formula is C12H14ClFN2O. The molecule has 1 saturated heterocycles. The third kappa shape index (κ3) is 2.15. The Kier molecular flexibility index (Phi) is 3.35. The number of nitrogens with zero attached hydrogens (tertiary/aromatic N) is 1. The molecule has 1 aliphatic heterocycles. The lowest BCUT2D eigenvalue weighted by atomic mass is 10.1. The Morgan fingerprint density at radius 2 is 2.29 bits per heavy atom. The fourth-order valence-electron chi connectivity index (χ4n) is 2.07. The molecule has 0 saturated carbocycles. The number of hydrogen-bond acceptors (Lipinski definition) is 2. The molecular weight excluding hydrogens is 243 g/mol. The van der Waals surface area contributed by atoms with Gasteiger partial charge in [-0.15, -0.1) is 0 Å². The zero-order valence-corrected chi connectivity index (χ0v) is 10.2. The Morgan fingerprint density at radius 1 is 1.59 bits per heavy atom. The quantitative estimate of drug-likeness (QED) is 0.836. The van der Waals surface area contributed by atoms with Gasteiger partial charge in [-0.1, -0.05) is 17.7 Å². The number of hydrogen-bond donors (Lipinski definition) is 1. The zero-order valence-electron chi connectivity index (χ0n) is 9.49. The molecule has 17 heavy (non-hydrogen) atoms. The molecule has 3 nitrogen and oxygen atoms in total. The minimum Gasteiger partial charge on any atom is -0.334 e. The summed E-state index contributed by atoms with van der Waals surface area (Å²) in [7, 11) is 0. The predicted octanol–water partition coefficient (Wildman–Crippen LogP) is 2.04. The van der Waals surface area contributed by atoms with Gasteiger partial charge in [-0.25, -0.2) is 4.39 Å². The minimum absolute atomic E-state index is 0.0125. The van der Waals surface area contributed by atoms with E-state index in [9.17, 15) is 9.18 Å². The first-order chi connectivity index (χ1) is 8.02. The second-order valence-corrected chi connectivity index (χ2v) is 4.70. The van der Waals surface area contributed by atoms with Gasteiger partial charge in [-0.2, -0.15) is 0 Å². The molecule has 1 aromatic carbocycles. The van der Waals surface area contributed by atoms with Crippen molar-refractivity contribution in [3.05, 3.63) is 34.6 Å². The van der Waals surface area contributed by atoms with Crippen LogP contribution in [0.15, 0.2) is 18.2 Å². The van der Waals surface area contributed by atoms with Gasteiger partial charge in [0, 0.05) is 18.6 Å². The van der Waals surface area contributed by atoms with Gasteiger partial charge >= 0.3 is 0 Å². The highest BCUT2D eigenvalue weighted by atomic mass is 35.5. The van der Waals surface area contributed by atoms with Crippen molar-refractivity contribution in [1.29, 1.82) is 0 Å². The maximum Gasteiger partial charge on any atom is 0.257 e. The summed E-state index contributed by atoms with van der Waals surface area (Å²) in [6, 6.07) is 4.33. The fraction of sp³-hybridized carbons (Fsp3) is 0.417. The third-order valence-electron chi connectivity index (χ3n) is 3.26. The van der Waals surface area contributed by atoms with Gasteiger partial charge in [-0.3, -0.25) is 4.79 Å². The highest BCUT2D eigenvalue weighted by Crippen LogP contribution is 2.23. The Bertz CT molecular complexity index is 452. The van der Waals surface area contributed by atoms with Crippen LogP contribution in [-0.2, 0) is 0 Å². The van der Waals surface area contributed by atoms with Crippen molar-refractivity contribution in [3.8, 4) is 0 Å². The molecule has 0 radical (unpaired) electrons. The summed E-state index contributed by atoms with van der Waals surface area (Å²) in [6.45, 7) is 2.44. The van der Waals surface area contributed by atoms with Gasteiger partial charge in [0.15, 0.2) is 5.82 Å². The molecule has 5 heteroatoms. The van der Waals surface area contributed by atoms with Crippen molar-refractivity contribution in [3.63, 3.8) is 0 Å². The summed E-state index contributed by atoms with van der Waals surface area (Å²) < 4.78 is 13.7. The molecule has 1 heterocycles. The fourth-order valence-corrected chi connectivity index (χ4v) is 2.25. The molecule has 92 valence electrons. The lowest BCUT2D eigenvalue weighted by molar-refractivity contribution is 0.0738. The van der Waals surface area contributed by atoms with Crippen LogP contribution in [0.1, 0.15) is 23.7 Å². The predicted molar refractivity (Wildman–Crippen MR) is 64.5 cm³/mol. The number of benzene rings is 1. The first-order valence-corrected chi connectivity index (χ1v) is 5.90. The van der Waals surface area contributed by atoms with E-state index < -0.39 is 5.82 Å². The molecule has 1 aliphatic rings. The first kappa shape index (κ1) is 12.3. The molecule has 2 atom stereocenters. The van der Waals surface area contributed by atoms with E-state index in [1.54, 1.807) is 11.0 Å². The first-order valence-electron chi connectivity index (χ1n) is 5.53. The minimum atomic E-state index is -0.660. The van der Waals surface area contributed by atoms with E-state index in [4.69, 9.17) is 17.3 Å². The van der Waals surface area contributed by atoms with E-state index in [1.165, 1.54) is 12.1 Å². The Hall–Kier alpha value is -1.13. The van der Waals surface area contributed by atoms with Crippen LogP contribution in [0, 0.1) is 5.82 Å². The summed E-state index contributed by atoms with van der Waals surface area (Å²) in [4.78, 5) is 13.7. The van der Waals surface area contributed by atoms with Crippen LogP contribution in [0.3, 0.4) is 0 Å². The number of amides is 1. The second-order valence-electron chi connectivity index (χ2n) is 4.29.